The van der Waals surface area contributed by atoms with Crippen molar-refractivity contribution in [3.05, 3.63) is 12.3 Å². The van der Waals surface area contributed by atoms with Crippen LogP contribution < -0.4 is 10.0 Å². The minimum Gasteiger partial charge on any atom is -0.312 e. The monoisotopic (exact) mass is 292 g/mol. The van der Waals surface area contributed by atoms with Crippen molar-refractivity contribution in [1.82, 2.24) is 15.1 Å². The van der Waals surface area contributed by atoms with Gasteiger partial charge in [0.25, 0.3) is 0 Å². The Morgan fingerprint density at radius 2 is 2.39 bits per heavy atom. The van der Waals surface area contributed by atoms with Crippen LogP contribution in [-0.2, 0) is 10.0 Å². The summed E-state index contributed by atoms with van der Waals surface area (Å²) in [5.41, 5.74) is 0. The van der Waals surface area contributed by atoms with E-state index in [2.05, 4.69) is 15.1 Å². The molecule has 2 rings (SSSR count). The molecule has 1 unspecified atom stereocenters. The Morgan fingerprint density at radius 1 is 1.67 bits per heavy atom. The first-order valence-electron chi connectivity index (χ1n) is 5.82. The predicted octanol–water partition coefficient (Wildman–Crippen LogP) is 0.644. The van der Waals surface area contributed by atoms with Crippen molar-refractivity contribution < 1.29 is 8.42 Å². The average Bonchev–Trinajstić information content (AvgIpc) is 2.62. The summed E-state index contributed by atoms with van der Waals surface area (Å²) in [4.78, 5) is 0. The van der Waals surface area contributed by atoms with Crippen molar-refractivity contribution in [3.8, 4) is 0 Å². The van der Waals surface area contributed by atoms with Crippen molar-refractivity contribution in [2.45, 2.75) is 13.0 Å². The molecule has 1 aromatic rings. The molecule has 0 aromatic carbocycles. The van der Waals surface area contributed by atoms with Crippen LogP contribution in [0.1, 0.15) is 13.0 Å². The van der Waals surface area contributed by atoms with Crippen LogP contribution in [-0.4, -0.2) is 42.9 Å². The van der Waals surface area contributed by atoms with E-state index in [0.29, 0.717) is 11.7 Å². The third kappa shape index (κ3) is 3.15. The maximum Gasteiger partial charge on any atom is 0.234 e. The van der Waals surface area contributed by atoms with Gasteiger partial charge in [0.05, 0.1) is 18.0 Å². The Labute approximate surface area is 112 Å². The summed E-state index contributed by atoms with van der Waals surface area (Å²) >= 11 is 5.64. The van der Waals surface area contributed by atoms with Crippen LogP contribution >= 0.6 is 11.6 Å². The molecule has 2 N–H and O–H groups in total. The lowest BCUT2D eigenvalue weighted by molar-refractivity contribution is 0.322. The normalized spacial score (nSPS) is 18.3. The van der Waals surface area contributed by atoms with Crippen LogP contribution in [0, 0.1) is 5.92 Å². The second-order valence-corrected chi connectivity index (χ2v) is 6.69. The molecule has 0 spiro atoms. The highest BCUT2D eigenvalue weighted by atomic mass is 35.5. The minimum absolute atomic E-state index is 0.0184. The fourth-order valence-corrected chi connectivity index (χ4v) is 3.42. The van der Waals surface area contributed by atoms with Crippen molar-refractivity contribution in [1.29, 1.82) is 0 Å². The summed E-state index contributed by atoms with van der Waals surface area (Å²) in [6.45, 7) is 3.43. The van der Waals surface area contributed by atoms with Gasteiger partial charge in [0, 0.05) is 25.0 Å². The lowest BCUT2D eigenvalue weighted by Crippen LogP contribution is -2.44. The van der Waals surface area contributed by atoms with E-state index in [4.69, 9.17) is 11.6 Å². The van der Waals surface area contributed by atoms with Gasteiger partial charge in [-0.1, -0.05) is 6.92 Å². The summed E-state index contributed by atoms with van der Waals surface area (Å²) in [6, 6.07) is 1.89. The van der Waals surface area contributed by atoms with E-state index in [1.807, 2.05) is 0 Å². The predicted molar refractivity (Wildman–Crippen MR) is 71.4 cm³/mol. The summed E-state index contributed by atoms with van der Waals surface area (Å²) in [7, 11) is -3.37. The first-order chi connectivity index (χ1) is 8.52. The van der Waals surface area contributed by atoms with Crippen LogP contribution in [0.4, 0.5) is 5.82 Å². The lowest BCUT2D eigenvalue weighted by atomic mass is 10.2. The number of nitrogens with one attached hydrogen (secondary N) is 2. The first-order valence-corrected chi connectivity index (χ1v) is 8.01. The van der Waals surface area contributed by atoms with Crippen LogP contribution in [0.3, 0.4) is 0 Å². The second kappa shape index (κ2) is 5.46. The molecule has 1 fully saturated rings. The molecule has 0 amide bonds. The van der Waals surface area contributed by atoms with Gasteiger partial charge in [-0.25, -0.2) is 13.1 Å². The third-order valence-corrected chi connectivity index (χ3v) is 4.86. The number of aromatic nitrogens is 2. The summed E-state index contributed by atoms with van der Waals surface area (Å²) in [5.74, 6) is 0.784. The highest BCUT2D eigenvalue weighted by Gasteiger charge is 2.24. The SMILES string of the molecule is CC(CCl)CS(=O)(=O)Nc1ccnn1C1CNC1. The minimum atomic E-state index is -3.37. The Kier molecular flexibility index (Phi) is 4.14. The van der Waals surface area contributed by atoms with Crippen molar-refractivity contribution in [2.75, 3.05) is 29.4 Å². The molecule has 1 aliphatic rings. The smallest absolute Gasteiger partial charge is 0.234 e. The molecule has 0 saturated carbocycles. The Bertz CT molecular complexity index is 498. The van der Waals surface area contributed by atoms with E-state index in [1.54, 1.807) is 23.9 Å². The summed E-state index contributed by atoms with van der Waals surface area (Å²) in [5, 5.41) is 7.27. The van der Waals surface area contributed by atoms with Crippen LogP contribution in [0.25, 0.3) is 0 Å². The van der Waals surface area contributed by atoms with Gasteiger partial charge in [0.15, 0.2) is 0 Å². The molecule has 2 heterocycles. The van der Waals surface area contributed by atoms with Gasteiger partial charge in [-0.15, -0.1) is 11.6 Å². The van der Waals surface area contributed by atoms with Crippen molar-refractivity contribution in [2.24, 2.45) is 5.92 Å². The van der Waals surface area contributed by atoms with E-state index in [1.165, 1.54) is 0 Å². The standard InChI is InChI=1S/C10H17ClN4O2S/c1-8(4-11)7-18(16,17)14-10-2-3-13-15(10)9-5-12-6-9/h2-3,8-9,12,14H,4-7H2,1H3. The molecule has 1 aliphatic heterocycles. The van der Waals surface area contributed by atoms with Crippen LogP contribution in [0.15, 0.2) is 12.3 Å². The average molecular weight is 293 g/mol. The van der Waals surface area contributed by atoms with Gasteiger partial charge in [0.2, 0.25) is 10.0 Å². The van der Waals surface area contributed by atoms with Crippen LogP contribution in [0.5, 0.6) is 0 Å². The molecule has 8 heteroatoms. The first kappa shape index (κ1) is 13.6. The van der Waals surface area contributed by atoms with Crippen LogP contribution in [0.2, 0.25) is 0 Å². The molecule has 0 radical (unpaired) electrons. The highest BCUT2D eigenvalue weighted by Crippen LogP contribution is 2.19. The topological polar surface area (TPSA) is 76.0 Å². The van der Waals surface area contributed by atoms with E-state index in [9.17, 15) is 8.42 Å². The number of nitrogens with zero attached hydrogens (tertiary/aromatic N) is 2. The van der Waals surface area contributed by atoms with Gasteiger partial charge in [-0.05, 0) is 5.92 Å². The number of sulfonamides is 1. The zero-order chi connectivity index (χ0) is 13.2. The molecule has 102 valence electrons. The van der Waals surface area contributed by atoms with E-state index in [0.717, 1.165) is 13.1 Å². The maximum atomic E-state index is 11.9. The molecular formula is C10H17ClN4O2S. The van der Waals surface area contributed by atoms with E-state index >= 15 is 0 Å². The number of halogens is 1. The summed E-state index contributed by atoms with van der Waals surface area (Å²) in [6.07, 6.45) is 1.60. The number of hydrogen-bond acceptors (Lipinski definition) is 4. The van der Waals surface area contributed by atoms with Gasteiger partial charge < -0.3 is 5.32 Å². The molecule has 0 bridgehead atoms. The fraction of sp³-hybridized carbons (Fsp3) is 0.700. The Hall–Kier alpha value is -0.790. The molecule has 6 nitrogen and oxygen atoms in total. The van der Waals surface area contributed by atoms with Crippen molar-refractivity contribution >= 4 is 27.4 Å². The molecular weight excluding hydrogens is 276 g/mol. The zero-order valence-corrected chi connectivity index (χ0v) is 11.7. The molecule has 1 aromatic heterocycles. The number of alkyl halides is 1. The lowest BCUT2D eigenvalue weighted by Gasteiger charge is -2.28. The summed E-state index contributed by atoms with van der Waals surface area (Å²) < 4.78 is 28.1. The molecule has 18 heavy (non-hydrogen) atoms. The van der Waals surface area contributed by atoms with E-state index < -0.39 is 10.0 Å². The molecule has 0 aliphatic carbocycles. The third-order valence-electron chi connectivity index (χ3n) is 2.80. The number of hydrogen-bond donors (Lipinski definition) is 2. The van der Waals surface area contributed by atoms with Gasteiger partial charge in [-0.3, -0.25) is 4.72 Å². The maximum absolute atomic E-state index is 11.9. The molecule has 1 saturated heterocycles. The molecule has 1 atom stereocenters. The van der Waals surface area contributed by atoms with Gasteiger partial charge >= 0.3 is 0 Å². The largest absolute Gasteiger partial charge is 0.312 e. The van der Waals surface area contributed by atoms with Crippen molar-refractivity contribution in [3.63, 3.8) is 0 Å². The quantitative estimate of drug-likeness (QED) is 0.755. The highest BCUT2D eigenvalue weighted by molar-refractivity contribution is 7.92. The Morgan fingerprint density at radius 3 is 2.94 bits per heavy atom. The Balaban J connectivity index is 2.06. The van der Waals surface area contributed by atoms with Gasteiger partial charge in [-0.2, -0.15) is 5.10 Å². The fourth-order valence-electron chi connectivity index (χ4n) is 1.75. The number of rotatable bonds is 6. The second-order valence-electron chi connectivity index (χ2n) is 4.62. The number of anilines is 1. The van der Waals surface area contributed by atoms with E-state index in [-0.39, 0.29) is 17.7 Å². The zero-order valence-electron chi connectivity index (χ0n) is 10.1. The van der Waals surface area contributed by atoms with Gasteiger partial charge in [0.1, 0.15) is 5.82 Å².